The van der Waals surface area contributed by atoms with E-state index in [1.807, 2.05) is 13.0 Å². The SMILES string of the molecule is CCC1C(=O)NC(=O)CN1c1cccc(C#N)c1. The number of nitrogens with zero attached hydrogens (tertiary/aromatic N) is 2. The van der Waals surface area contributed by atoms with E-state index in [1.165, 1.54) is 0 Å². The van der Waals surface area contributed by atoms with Crippen LogP contribution in [0.1, 0.15) is 18.9 Å². The Kier molecular flexibility index (Phi) is 3.28. The highest BCUT2D eigenvalue weighted by Gasteiger charge is 2.32. The molecular weight excluding hydrogens is 230 g/mol. The molecule has 0 radical (unpaired) electrons. The molecule has 0 aromatic heterocycles. The smallest absolute Gasteiger partial charge is 0.249 e. The van der Waals surface area contributed by atoms with Crippen molar-refractivity contribution in [2.45, 2.75) is 19.4 Å². The first-order valence-corrected chi connectivity index (χ1v) is 5.76. The molecule has 1 saturated heterocycles. The summed E-state index contributed by atoms with van der Waals surface area (Å²) in [6, 6.07) is 8.61. The van der Waals surface area contributed by atoms with Gasteiger partial charge in [0, 0.05) is 5.69 Å². The van der Waals surface area contributed by atoms with Gasteiger partial charge in [-0.2, -0.15) is 5.26 Å². The number of anilines is 1. The number of nitrogens with one attached hydrogen (secondary N) is 1. The molecule has 5 nitrogen and oxygen atoms in total. The van der Waals surface area contributed by atoms with Gasteiger partial charge in [0.1, 0.15) is 6.04 Å². The molecule has 1 aliphatic rings. The van der Waals surface area contributed by atoms with Crippen molar-refractivity contribution in [2.24, 2.45) is 0 Å². The van der Waals surface area contributed by atoms with Gasteiger partial charge in [-0.1, -0.05) is 13.0 Å². The van der Waals surface area contributed by atoms with Crippen LogP contribution in [0.15, 0.2) is 24.3 Å². The predicted molar refractivity (Wildman–Crippen MR) is 65.7 cm³/mol. The summed E-state index contributed by atoms with van der Waals surface area (Å²) >= 11 is 0. The Bertz CT molecular complexity index is 533. The second-order valence-corrected chi connectivity index (χ2v) is 4.13. The molecule has 1 N–H and O–H groups in total. The van der Waals surface area contributed by atoms with Crippen molar-refractivity contribution in [1.29, 1.82) is 5.26 Å². The van der Waals surface area contributed by atoms with Crippen molar-refractivity contribution in [3.8, 4) is 6.07 Å². The quantitative estimate of drug-likeness (QED) is 0.780. The number of rotatable bonds is 2. The van der Waals surface area contributed by atoms with Crippen LogP contribution in [-0.2, 0) is 9.59 Å². The van der Waals surface area contributed by atoms with Crippen LogP contribution in [0.4, 0.5) is 5.69 Å². The zero-order chi connectivity index (χ0) is 13.1. The predicted octanol–water partition coefficient (Wildman–Crippen LogP) is 0.800. The summed E-state index contributed by atoms with van der Waals surface area (Å²) in [4.78, 5) is 24.9. The number of amides is 2. The molecule has 0 saturated carbocycles. The molecular formula is C13H13N3O2. The summed E-state index contributed by atoms with van der Waals surface area (Å²) < 4.78 is 0. The zero-order valence-corrected chi connectivity index (χ0v) is 10.0. The summed E-state index contributed by atoms with van der Waals surface area (Å²) in [7, 11) is 0. The van der Waals surface area contributed by atoms with Crippen LogP contribution < -0.4 is 10.2 Å². The number of piperazine rings is 1. The number of imide groups is 1. The average molecular weight is 243 g/mol. The van der Waals surface area contributed by atoms with Gasteiger partial charge < -0.3 is 4.90 Å². The number of hydrogen-bond donors (Lipinski definition) is 1. The minimum absolute atomic E-state index is 0.138. The Labute approximate surface area is 105 Å². The highest BCUT2D eigenvalue weighted by Crippen LogP contribution is 2.21. The van der Waals surface area contributed by atoms with Gasteiger partial charge in [0.15, 0.2) is 0 Å². The monoisotopic (exact) mass is 243 g/mol. The molecule has 1 fully saturated rings. The Morgan fingerprint density at radius 3 is 2.94 bits per heavy atom. The standard InChI is InChI=1S/C13H13N3O2/c1-2-11-13(18)15-12(17)8-16(11)10-5-3-4-9(6-10)7-14/h3-6,11H,2,8H2,1H3,(H,15,17,18). The fourth-order valence-electron chi connectivity index (χ4n) is 2.10. The van der Waals surface area contributed by atoms with E-state index < -0.39 is 0 Å². The van der Waals surface area contributed by atoms with Gasteiger partial charge in [0.2, 0.25) is 11.8 Å². The van der Waals surface area contributed by atoms with E-state index >= 15 is 0 Å². The van der Waals surface area contributed by atoms with E-state index in [0.717, 1.165) is 5.69 Å². The molecule has 0 spiro atoms. The highest BCUT2D eigenvalue weighted by molar-refractivity contribution is 6.04. The van der Waals surface area contributed by atoms with E-state index in [1.54, 1.807) is 29.2 Å². The second-order valence-electron chi connectivity index (χ2n) is 4.13. The van der Waals surface area contributed by atoms with Crippen LogP contribution in [0, 0.1) is 11.3 Å². The Hall–Kier alpha value is -2.35. The molecule has 1 aromatic rings. The lowest BCUT2D eigenvalue weighted by Crippen LogP contribution is -2.58. The molecule has 18 heavy (non-hydrogen) atoms. The number of carbonyl (C=O) groups excluding carboxylic acids is 2. The van der Waals surface area contributed by atoms with Crippen LogP contribution in [0.3, 0.4) is 0 Å². The van der Waals surface area contributed by atoms with Crippen molar-refractivity contribution >= 4 is 17.5 Å². The molecule has 0 bridgehead atoms. The summed E-state index contributed by atoms with van der Waals surface area (Å²) in [6.07, 6.45) is 0.607. The third kappa shape index (κ3) is 2.18. The van der Waals surface area contributed by atoms with Crippen LogP contribution in [0.5, 0.6) is 0 Å². The molecule has 1 aromatic carbocycles. The summed E-state index contributed by atoms with van der Waals surface area (Å²) in [5, 5.41) is 11.2. The Morgan fingerprint density at radius 1 is 1.50 bits per heavy atom. The molecule has 5 heteroatoms. The lowest BCUT2D eigenvalue weighted by molar-refractivity contribution is -0.132. The van der Waals surface area contributed by atoms with E-state index in [-0.39, 0.29) is 24.4 Å². The van der Waals surface area contributed by atoms with Crippen molar-refractivity contribution < 1.29 is 9.59 Å². The largest absolute Gasteiger partial charge is 0.350 e. The minimum Gasteiger partial charge on any atom is -0.350 e. The molecule has 0 aliphatic carbocycles. The molecule has 2 amide bonds. The fraction of sp³-hybridized carbons (Fsp3) is 0.308. The third-order valence-corrected chi connectivity index (χ3v) is 2.95. The first kappa shape index (κ1) is 12.1. The highest BCUT2D eigenvalue weighted by atomic mass is 16.2. The third-order valence-electron chi connectivity index (χ3n) is 2.95. The molecule has 2 rings (SSSR count). The van der Waals surface area contributed by atoms with Crippen molar-refractivity contribution in [3.63, 3.8) is 0 Å². The second kappa shape index (κ2) is 4.88. The van der Waals surface area contributed by atoms with Crippen molar-refractivity contribution in [1.82, 2.24) is 5.32 Å². The maximum Gasteiger partial charge on any atom is 0.249 e. The first-order valence-electron chi connectivity index (χ1n) is 5.76. The van der Waals surface area contributed by atoms with E-state index in [0.29, 0.717) is 12.0 Å². The van der Waals surface area contributed by atoms with Gasteiger partial charge in [-0.15, -0.1) is 0 Å². The van der Waals surface area contributed by atoms with Crippen molar-refractivity contribution in [2.75, 3.05) is 11.4 Å². The number of hydrogen-bond acceptors (Lipinski definition) is 4. The van der Waals surface area contributed by atoms with E-state index in [2.05, 4.69) is 5.32 Å². The fourth-order valence-corrected chi connectivity index (χ4v) is 2.10. The summed E-state index contributed by atoms with van der Waals surface area (Å²) in [5.74, 6) is -0.594. The molecule has 1 aliphatic heterocycles. The van der Waals surface area contributed by atoms with E-state index in [4.69, 9.17) is 5.26 Å². The topological polar surface area (TPSA) is 73.2 Å². The Balaban J connectivity index is 2.37. The lowest BCUT2D eigenvalue weighted by Gasteiger charge is -2.35. The first-order chi connectivity index (χ1) is 8.65. The van der Waals surface area contributed by atoms with Gasteiger partial charge in [-0.05, 0) is 24.6 Å². The minimum atomic E-state index is -0.364. The number of nitriles is 1. The van der Waals surface area contributed by atoms with Gasteiger partial charge in [-0.25, -0.2) is 0 Å². The average Bonchev–Trinajstić information content (AvgIpc) is 2.38. The number of benzene rings is 1. The van der Waals surface area contributed by atoms with Crippen LogP contribution in [-0.4, -0.2) is 24.4 Å². The van der Waals surface area contributed by atoms with Gasteiger partial charge in [-0.3, -0.25) is 14.9 Å². The number of carbonyl (C=O) groups is 2. The van der Waals surface area contributed by atoms with Gasteiger partial charge in [0.05, 0.1) is 18.2 Å². The van der Waals surface area contributed by atoms with Crippen LogP contribution >= 0.6 is 0 Å². The van der Waals surface area contributed by atoms with E-state index in [9.17, 15) is 9.59 Å². The Morgan fingerprint density at radius 2 is 2.28 bits per heavy atom. The maximum absolute atomic E-state index is 11.7. The molecule has 1 unspecified atom stereocenters. The maximum atomic E-state index is 11.7. The molecule has 1 atom stereocenters. The van der Waals surface area contributed by atoms with Crippen LogP contribution in [0.2, 0.25) is 0 Å². The summed E-state index contributed by atoms with van der Waals surface area (Å²) in [6.45, 7) is 2.03. The van der Waals surface area contributed by atoms with Crippen molar-refractivity contribution in [3.05, 3.63) is 29.8 Å². The van der Waals surface area contributed by atoms with Gasteiger partial charge in [0.25, 0.3) is 0 Å². The molecule has 1 heterocycles. The van der Waals surface area contributed by atoms with Crippen LogP contribution in [0.25, 0.3) is 0 Å². The summed E-state index contributed by atoms with van der Waals surface area (Å²) in [5.41, 5.74) is 1.24. The zero-order valence-electron chi connectivity index (χ0n) is 10.0. The lowest BCUT2D eigenvalue weighted by atomic mass is 10.1. The normalized spacial score (nSPS) is 19.3. The molecule has 92 valence electrons. The van der Waals surface area contributed by atoms with Gasteiger partial charge >= 0.3 is 0 Å².